The van der Waals surface area contributed by atoms with E-state index in [0.29, 0.717) is 5.41 Å². The molecule has 0 heterocycles. The average Bonchev–Trinajstić information content (AvgIpc) is 2.18. The van der Waals surface area contributed by atoms with Crippen molar-refractivity contribution in [3.05, 3.63) is 11.6 Å². The highest BCUT2D eigenvalue weighted by molar-refractivity contribution is 5.34. The number of rotatable bonds is 1. The first-order valence-corrected chi connectivity index (χ1v) is 2.89. The van der Waals surface area contributed by atoms with Gasteiger partial charge < -0.3 is 0 Å². The molecule has 0 aromatic carbocycles. The fraction of sp³-hybridized carbons (Fsp3) is 0.714. The Kier molecular flexibility index (Phi) is 0.781. The fourth-order valence-electron chi connectivity index (χ4n) is 0.823. The lowest BCUT2D eigenvalue weighted by Crippen LogP contribution is -1.92. The smallest absolute Gasteiger partial charge is 0.00603 e. The molecule has 1 atom stereocenters. The van der Waals surface area contributed by atoms with E-state index in [9.17, 15) is 0 Å². The highest BCUT2D eigenvalue weighted by Gasteiger charge is 2.32. The molecule has 0 heteroatoms. The molecule has 1 aliphatic rings. The van der Waals surface area contributed by atoms with Gasteiger partial charge in [-0.25, -0.2) is 0 Å². The Hall–Kier alpha value is -0.260. The molecule has 0 aliphatic heterocycles. The van der Waals surface area contributed by atoms with Crippen molar-refractivity contribution in [1.29, 1.82) is 0 Å². The molecule has 0 N–H and O–H groups in total. The summed E-state index contributed by atoms with van der Waals surface area (Å²) in [6, 6.07) is 0. The molecule has 0 amide bonds. The second-order valence-electron chi connectivity index (χ2n) is 2.60. The third-order valence-electron chi connectivity index (χ3n) is 2.09. The Morgan fingerprint density at radius 1 is 1.71 bits per heavy atom. The van der Waals surface area contributed by atoms with Crippen LogP contribution in [0.15, 0.2) is 11.6 Å². The normalized spacial score (nSPS) is 37.9. The molecule has 0 radical (unpaired) electrons. The van der Waals surface area contributed by atoms with E-state index in [2.05, 4.69) is 26.8 Å². The largest absolute Gasteiger partial charge is 0.0748 e. The van der Waals surface area contributed by atoms with Crippen LogP contribution in [0.5, 0.6) is 0 Å². The summed E-state index contributed by atoms with van der Waals surface area (Å²) < 4.78 is 0. The molecule has 7 heavy (non-hydrogen) atoms. The van der Waals surface area contributed by atoms with Crippen LogP contribution in [0.2, 0.25) is 0 Å². The maximum atomic E-state index is 2.33. The van der Waals surface area contributed by atoms with E-state index in [4.69, 9.17) is 0 Å². The van der Waals surface area contributed by atoms with E-state index >= 15 is 0 Å². The molecular formula is C7H12. The van der Waals surface area contributed by atoms with Crippen LogP contribution < -0.4 is 0 Å². The lowest BCUT2D eigenvalue weighted by molar-refractivity contribution is 0.591. The molecule has 0 fully saturated rings. The van der Waals surface area contributed by atoms with Gasteiger partial charge >= 0.3 is 0 Å². The van der Waals surface area contributed by atoms with Crippen LogP contribution in [0.25, 0.3) is 0 Å². The third-order valence-corrected chi connectivity index (χ3v) is 2.09. The van der Waals surface area contributed by atoms with Gasteiger partial charge in [0.1, 0.15) is 0 Å². The van der Waals surface area contributed by atoms with Crippen molar-refractivity contribution in [2.24, 2.45) is 5.41 Å². The van der Waals surface area contributed by atoms with Gasteiger partial charge in [-0.3, -0.25) is 0 Å². The standard InChI is InChI=1S/C7H12/c1-4-7(3)5-6(7)2/h5H,4H2,1-3H3. The van der Waals surface area contributed by atoms with Crippen LogP contribution in [-0.2, 0) is 0 Å². The fourth-order valence-corrected chi connectivity index (χ4v) is 0.823. The van der Waals surface area contributed by atoms with Gasteiger partial charge in [-0.1, -0.05) is 25.5 Å². The summed E-state index contributed by atoms with van der Waals surface area (Å²) in [4.78, 5) is 0. The monoisotopic (exact) mass is 96.1 g/mol. The van der Waals surface area contributed by atoms with Crippen LogP contribution in [0, 0.1) is 5.41 Å². The average molecular weight is 96.2 g/mol. The van der Waals surface area contributed by atoms with E-state index < -0.39 is 0 Å². The first-order valence-electron chi connectivity index (χ1n) is 2.89. The summed E-state index contributed by atoms with van der Waals surface area (Å²) in [5.41, 5.74) is 2.11. The summed E-state index contributed by atoms with van der Waals surface area (Å²) in [6.45, 7) is 6.71. The topological polar surface area (TPSA) is 0 Å². The van der Waals surface area contributed by atoms with Gasteiger partial charge in [-0.2, -0.15) is 0 Å². The van der Waals surface area contributed by atoms with E-state index in [0.717, 1.165) is 0 Å². The second kappa shape index (κ2) is 1.12. The molecule has 0 aromatic rings. The molecule has 40 valence electrons. The van der Waals surface area contributed by atoms with E-state index in [1.807, 2.05) is 0 Å². The van der Waals surface area contributed by atoms with Crippen molar-refractivity contribution >= 4 is 0 Å². The minimum absolute atomic E-state index is 0.542. The highest BCUT2D eigenvalue weighted by Crippen LogP contribution is 2.45. The van der Waals surface area contributed by atoms with Crippen molar-refractivity contribution in [3.8, 4) is 0 Å². The Balaban J connectivity index is 2.43. The van der Waals surface area contributed by atoms with Gasteiger partial charge in [0.2, 0.25) is 0 Å². The second-order valence-corrected chi connectivity index (χ2v) is 2.60. The summed E-state index contributed by atoms with van der Waals surface area (Å²) in [5, 5.41) is 0. The van der Waals surface area contributed by atoms with Gasteiger partial charge in [-0.15, -0.1) is 0 Å². The number of hydrogen-bond donors (Lipinski definition) is 0. The van der Waals surface area contributed by atoms with Gasteiger partial charge in [0.15, 0.2) is 0 Å². The Labute approximate surface area is 45.2 Å². The number of allylic oxidation sites excluding steroid dienone is 2. The van der Waals surface area contributed by atoms with E-state index in [1.165, 1.54) is 6.42 Å². The van der Waals surface area contributed by atoms with Gasteiger partial charge in [0.05, 0.1) is 0 Å². The van der Waals surface area contributed by atoms with Crippen molar-refractivity contribution < 1.29 is 0 Å². The van der Waals surface area contributed by atoms with Crippen LogP contribution >= 0.6 is 0 Å². The molecule has 0 bridgehead atoms. The molecule has 1 unspecified atom stereocenters. The third kappa shape index (κ3) is 0.583. The molecule has 0 aromatic heterocycles. The summed E-state index contributed by atoms with van der Waals surface area (Å²) in [7, 11) is 0. The zero-order valence-electron chi connectivity index (χ0n) is 5.28. The van der Waals surface area contributed by atoms with Gasteiger partial charge in [-0.05, 0) is 13.3 Å². The Bertz CT molecular complexity index is 111. The first kappa shape index (κ1) is 4.89. The van der Waals surface area contributed by atoms with Crippen molar-refractivity contribution in [2.45, 2.75) is 27.2 Å². The van der Waals surface area contributed by atoms with Crippen molar-refractivity contribution in [2.75, 3.05) is 0 Å². The predicted octanol–water partition coefficient (Wildman–Crippen LogP) is 2.36. The number of hydrogen-bond acceptors (Lipinski definition) is 0. The lowest BCUT2D eigenvalue weighted by atomic mass is 10.0. The maximum absolute atomic E-state index is 2.33. The summed E-state index contributed by atoms with van der Waals surface area (Å²) >= 11 is 0. The Morgan fingerprint density at radius 2 is 2.14 bits per heavy atom. The molecule has 0 saturated carbocycles. The zero-order valence-corrected chi connectivity index (χ0v) is 5.28. The maximum Gasteiger partial charge on any atom is 0.00603 e. The zero-order chi connectivity index (χ0) is 5.49. The first-order chi connectivity index (χ1) is 3.19. The molecular weight excluding hydrogens is 84.1 g/mol. The predicted molar refractivity (Wildman–Crippen MR) is 32.2 cm³/mol. The summed E-state index contributed by atoms with van der Waals surface area (Å²) in [6.07, 6.45) is 3.60. The van der Waals surface area contributed by atoms with Crippen molar-refractivity contribution in [3.63, 3.8) is 0 Å². The highest BCUT2D eigenvalue weighted by atomic mass is 14.4. The van der Waals surface area contributed by atoms with Gasteiger partial charge in [0, 0.05) is 5.41 Å². The lowest BCUT2D eigenvalue weighted by Gasteiger charge is -2.03. The van der Waals surface area contributed by atoms with Crippen LogP contribution in [0.3, 0.4) is 0 Å². The van der Waals surface area contributed by atoms with Crippen LogP contribution in [-0.4, -0.2) is 0 Å². The molecule has 0 nitrogen and oxygen atoms in total. The van der Waals surface area contributed by atoms with E-state index in [1.54, 1.807) is 5.57 Å². The molecule has 1 aliphatic carbocycles. The minimum atomic E-state index is 0.542. The van der Waals surface area contributed by atoms with Gasteiger partial charge in [0.25, 0.3) is 0 Å². The molecule has 1 rings (SSSR count). The summed E-state index contributed by atoms with van der Waals surface area (Å²) in [5.74, 6) is 0. The van der Waals surface area contributed by atoms with Crippen molar-refractivity contribution in [1.82, 2.24) is 0 Å². The SMILES string of the molecule is CCC1(C)C=C1C. The molecule has 0 spiro atoms. The molecule has 0 saturated heterocycles. The Morgan fingerprint density at radius 3 is 2.14 bits per heavy atom. The minimum Gasteiger partial charge on any atom is -0.0748 e. The van der Waals surface area contributed by atoms with E-state index in [-0.39, 0.29) is 0 Å². The quantitative estimate of drug-likeness (QED) is 0.439. The van der Waals surface area contributed by atoms with Crippen LogP contribution in [0.1, 0.15) is 27.2 Å². The van der Waals surface area contributed by atoms with Crippen LogP contribution in [0.4, 0.5) is 0 Å².